The number of rotatable bonds is 6. The van der Waals surface area contributed by atoms with Crippen LogP contribution in [0, 0.1) is 18.3 Å². The normalized spacial score (nSPS) is 25.7. The van der Waals surface area contributed by atoms with Crippen molar-refractivity contribution in [1.82, 2.24) is 0 Å². The molecule has 0 N–H and O–H groups in total. The fourth-order valence-corrected chi connectivity index (χ4v) is 6.06. The number of ether oxygens (including phenoxy) is 1. The minimum absolute atomic E-state index is 0.608. The topological polar surface area (TPSA) is 9.23 Å². The van der Waals surface area contributed by atoms with Gasteiger partial charge in [-0.05, 0) is 91.4 Å². The summed E-state index contributed by atoms with van der Waals surface area (Å²) in [7, 11) is 1.82. The van der Waals surface area contributed by atoms with Crippen LogP contribution in [0.2, 0.25) is 0 Å². The van der Waals surface area contributed by atoms with E-state index in [1.54, 1.807) is 5.56 Å². The van der Waals surface area contributed by atoms with Gasteiger partial charge < -0.3 is 4.74 Å². The molecule has 0 saturated heterocycles. The van der Waals surface area contributed by atoms with Crippen molar-refractivity contribution >= 4 is 0 Å². The Morgan fingerprint density at radius 1 is 0.963 bits per heavy atom. The monoisotopic (exact) mass is 360 g/mol. The molecule has 1 spiro atoms. The third kappa shape index (κ3) is 3.10. The number of benzene rings is 2. The highest BCUT2D eigenvalue weighted by Crippen LogP contribution is 2.73. The van der Waals surface area contributed by atoms with E-state index in [0.717, 1.165) is 23.5 Å². The number of methoxy groups -OCH3 is 1. The summed E-state index contributed by atoms with van der Waals surface area (Å²) >= 11 is 0. The number of hydrogen-bond donors (Lipinski definition) is 0. The minimum Gasteiger partial charge on any atom is -0.496 e. The highest BCUT2D eigenvalue weighted by atomic mass is 16.5. The van der Waals surface area contributed by atoms with Crippen LogP contribution in [0.1, 0.15) is 79.0 Å². The summed E-state index contributed by atoms with van der Waals surface area (Å²) in [6, 6.07) is 16.3. The average Bonchev–Trinajstić information content (AvgIpc) is 3.57. The highest BCUT2D eigenvalue weighted by Gasteiger charge is 2.64. The molecule has 5 rings (SSSR count). The van der Waals surface area contributed by atoms with Gasteiger partial charge in [0.1, 0.15) is 5.75 Å². The first-order valence-electron chi connectivity index (χ1n) is 10.9. The van der Waals surface area contributed by atoms with E-state index in [4.69, 9.17) is 4.74 Å². The minimum atomic E-state index is 0.608. The summed E-state index contributed by atoms with van der Waals surface area (Å²) in [4.78, 5) is 0. The SMILES string of the molecule is COc1ccc(C2CC2)cc1CC[C@@H]1[C@@H](c2ccc(C)cc2)C12CCCC2. The maximum atomic E-state index is 5.69. The van der Waals surface area contributed by atoms with E-state index in [1.165, 1.54) is 68.1 Å². The maximum Gasteiger partial charge on any atom is 0.122 e. The first-order chi connectivity index (χ1) is 13.2. The van der Waals surface area contributed by atoms with E-state index < -0.39 is 0 Å². The lowest BCUT2D eigenvalue weighted by Crippen LogP contribution is -2.00. The number of hydrogen-bond acceptors (Lipinski definition) is 1. The van der Waals surface area contributed by atoms with Gasteiger partial charge in [0.05, 0.1) is 7.11 Å². The lowest BCUT2D eigenvalue weighted by Gasteiger charge is -2.12. The summed E-state index contributed by atoms with van der Waals surface area (Å²) in [5, 5.41) is 0. The van der Waals surface area contributed by atoms with Crippen LogP contribution in [-0.4, -0.2) is 7.11 Å². The predicted molar refractivity (Wildman–Crippen MR) is 112 cm³/mol. The second kappa shape index (κ2) is 6.69. The van der Waals surface area contributed by atoms with E-state index in [2.05, 4.69) is 49.4 Å². The van der Waals surface area contributed by atoms with Gasteiger partial charge in [-0.25, -0.2) is 0 Å². The first kappa shape index (κ1) is 17.3. The summed E-state index contributed by atoms with van der Waals surface area (Å²) in [6.07, 6.45) is 10.9. The molecule has 0 aliphatic heterocycles. The Balaban J connectivity index is 1.35. The number of aryl methyl sites for hydroxylation is 2. The van der Waals surface area contributed by atoms with Gasteiger partial charge in [-0.2, -0.15) is 0 Å². The fraction of sp³-hybridized carbons (Fsp3) is 0.538. The van der Waals surface area contributed by atoms with Gasteiger partial charge in [0, 0.05) is 0 Å². The third-order valence-corrected chi connectivity index (χ3v) is 7.70. The fourth-order valence-electron chi connectivity index (χ4n) is 6.06. The van der Waals surface area contributed by atoms with E-state index in [0.29, 0.717) is 5.41 Å². The predicted octanol–water partition coefficient (Wildman–Crippen LogP) is 6.79. The zero-order valence-electron chi connectivity index (χ0n) is 16.8. The van der Waals surface area contributed by atoms with Gasteiger partial charge in [0.15, 0.2) is 0 Å². The lowest BCUT2D eigenvalue weighted by atomic mass is 9.95. The van der Waals surface area contributed by atoms with E-state index in [-0.39, 0.29) is 0 Å². The van der Waals surface area contributed by atoms with Crippen LogP contribution < -0.4 is 4.74 Å². The molecular formula is C26H32O. The smallest absolute Gasteiger partial charge is 0.122 e. The maximum absolute atomic E-state index is 5.69. The van der Waals surface area contributed by atoms with Crippen molar-refractivity contribution in [2.45, 2.75) is 70.1 Å². The van der Waals surface area contributed by atoms with Crippen LogP contribution in [0.25, 0.3) is 0 Å². The quantitative estimate of drug-likeness (QED) is 0.551. The van der Waals surface area contributed by atoms with Crippen LogP contribution in [0.4, 0.5) is 0 Å². The lowest BCUT2D eigenvalue weighted by molar-refractivity contribution is 0.405. The molecular weight excluding hydrogens is 328 g/mol. The zero-order valence-corrected chi connectivity index (χ0v) is 16.8. The Morgan fingerprint density at radius 3 is 2.33 bits per heavy atom. The summed E-state index contributed by atoms with van der Waals surface area (Å²) in [5.74, 6) is 3.56. The molecule has 0 aromatic heterocycles. The Hall–Kier alpha value is -1.76. The second-order valence-electron chi connectivity index (χ2n) is 9.32. The summed E-state index contributed by atoms with van der Waals surface area (Å²) in [6.45, 7) is 2.19. The Labute approximate surface area is 164 Å². The third-order valence-electron chi connectivity index (χ3n) is 7.70. The molecule has 2 aromatic carbocycles. The van der Waals surface area contributed by atoms with Crippen LogP contribution in [0.15, 0.2) is 42.5 Å². The van der Waals surface area contributed by atoms with Crippen molar-refractivity contribution < 1.29 is 4.74 Å². The summed E-state index contributed by atoms with van der Waals surface area (Å²) < 4.78 is 5.69. The summed E-state index contributed by atoms with van der Waals surface area (Å²) in [5.41, 5.74) is 6.54. The van der Waals surface area contributed by atoms with Crippen LogP contribution >= 0.6 is 0 Å². The standard InChI is InChI=1S/C26H32O/c1-18-5-7-20(8-6-18)25-23(26(25)15-3-4-16-26)13-11-22-17-21(19-9-10-19)12-14-24(22)27-2/h5-8,12,14,17,19,23,25H,3-4,9-11,13,15-16H2,1-2H3/t23-,25-/m1/s1. The van der Waals surface area contributed by atoms with Crippen molar-refractivity contribution in [3.63, 3.8) is 0 Å². The zero-order chi connectivity index (χ0) is 18.4. The van der Waals surface area contributed by atoms with Gasteiger partial charge in [0.2, 0.25) is 0 Å². The van der Waals surface area contributed by atoms with Gasteiger partial charge in [-0.3, -0.25) is 0 Å². The van der Waals surface area contributed by atoms with E-state index in [1.807, 2.05) is 7.11 Å². The molecule has 0 unspecified atom stereocenters. The molecule has 3 aliphatic carbocycles. The van der Waals surface area contributed by atoms with Crippen molar-refractivity contribution in [2.75, 3.05) is 7.11 Å². The van der Waals surface area contributed by atoms with Crippen LogP contribution in [0.5, 0.6) is 5.75 Å². The van der Waals surface area contributed by atoms with Gasteiger partial charge in [0.25, 0.3) is 0 Å². The molecule has 0 bridgehead atoms. The molecule has 2 aromatic rings. The van der Waals surface area contributed by atoms with Gasteiger partial charge in [-0.15, -0.1) is 0 Å². The Kier molecular flexibility index (Phi) is 4.30. The molecule has 0 heterocycles. The molecule has 3 saturated carbocycles. The molecule has 3 fully saturated rings. The van der Waals surface area contributed by atoms with Crippen molar-refractivity contribution in [2.24, 2.45) is 11.3 Å². The van der Waals surface area contributed by atoms with E-state index >= 15 is 0 Å². The molecule has 27 heavy (non-hydrogen) atoms. The van der Waals surface area contributed by atoms with Gasteiger partial charge >= 0.3 is 0 Å². The van der Waals surface area contributed by atoms with Crippen molar-refractivity contribution in [3.05, 3.63) is 64.7 Å². The average molecular weight is 361 g/mol. The van der Waals surface area contributed by atoms with E-state index in [9.17, 15) is 0 Å². The van der Waals surface area contributed by atoms with Gasteiger partial charge in [-0.1, -0.05) is 54.8 Å². The molecule has 3 aliphatic rings. The molecule has 1 nitrogen and oxygen atoms in total. The molecule has 142 valence electrons. The highest BCUT2D eigenvalue weighted by molar-refractivity contribution is 5.41. The molecule has 0 radical (unpaired) electrons. The van der Waals surface area contributed by atoms with Crippen LogP contribution in [-0.2, 0) is 6.42 Å². The van der Waals surface area contributed by atoms with Crippen molar-refractivity contribution in [1.29, 1.82) is 0 Å². The molecule has 1 heteroatoms. The first-order valence-corrected chi connectivity index (χ1v) is 10.9. The Morgan fingerprint density at radius 2 is 1.67 bits per heavy atom. The largest absolute Gasteiger partial charge is 0.496 e. The molecule has 2 atom stereocenters. The molecule has 0 amide bonds. The Bertz CT molecular complexity index is 809. The van der Waals surface area contributed by atoms with Crippen LogP contribution in [0.3, 0.4) is 0 Å². The second-order valence-corrected chi connectivity index (χ2v) is 9.32. The van der Waals surface area contributed by atoms with Crippen molar-refractivity contribution in [3.8, 4) is 5.75 Å².